The van der Waals surface area contributed by atoms with E-state index in [4.69, 9.17) is 11.6 Å². The van der Waals surface area contributed by atoms with Crippen LogP contribution in [0.15, 0.2) is 22.5 Å². The predicted molar refractivity (Wildman–Crippen MR) is 105 cm³/mol. The van der Waals surface area contributed by atoms with E-state index in [1.54, 1.807) is 0 Å². The number of piperidine rings is 1. The molecule has 1 fully saturated rings. The first-order valence-electron chi connectivity index (χ1n) is 8.28. The van der Waals surface area contributed by atoms with Gasteiger partial charge < -0.3 is 10.2 Å². The van der Waals surface area contributed by atoms with Crippen molar-refractivity contribution >= 4 is 51.4 Å². The van der Waals surface area contributed by atoms with Crippen LogP contribution in [-0.2, 0) is 4.79 Å². The van der Waals surface area contributed by atoms with Crippen molar-refractivity contribution < 1.29 is 4.79 Å². The molecule has 2 heterocycles. The second-order valence-corrected chi connectivity index (χ2v) is 8.95. The molecule has 2 aromatic rings. The van der Waals surface area contributed by atoms with Gasteiger partial charge in [-0.1, -0.05) is 47.7 Å². The lowest BCUT2D eigenvalue weighted by molar-refractivity contribution is -0.130. The first-order chi connectivity index (χ1) is 12.0. The lowest BCUT2D eigenvalue weighted by Gasteiger charge is -2.30. The molecular weight excluding hydrogens is 376 g/mol. The number of hydrogen-bond donors (Lipinski definition) is 1. The number of rotatable bonds is 5. The number of anilines is 2. The highest BCUT2D eigenvalue weighted by Crippen LogP contribution is 2.29. The zero-order chi connectivity index (χ0) is 17.8. The van der Waals surface area contributed by atoms with Gasteiger partial charge in [-0.25, -0.2) is 0 Å². The van der Waals surface area contributed by atoms with E-state index in [0.29, 0.717) is 21.8 Å². The summed E-state index contributed by atoms with van der Waals surface area (Å²) in [5.41, 5.74) is 1.91. The molecule has 0 saturated carbocycles. The van der Waals surface area contributed by atoms with Crippen LogP contribution in [0.25, 0.3) is 0 Å². The minimum atomic E-state index is 0.187. The third-order valence-electron chi connectivity index (χ3n) is 4.16. The number of halogens is 1. The van der Waals surface area contributed by atoms with E-state index < -0.39 is 0 Å². The maximum atomic E-state index is 12.3. The maximum absolute atomic E-state index is 12.3. The number of nitrogens with zero attached hydrogens (tertiary/aromatic N) is 3. The van der Waals surface area contributed by atoms with E-state index in [0.717, 1.165) is 35.1 Å². The summed E-state index contributed by atoms with van der Waals surface area (Å²) in [4.78, 5) is 14.3. The van der Waals surface area contributed by atoms with Gasteiger partial charge in [-0.15, -0.1) is 10.2 Å². The number of aryl methyl sites for hydroxylation is 1. The number of likely N-dealkylation sites (tertiary alicyclic amines) is 1. The van der Waals surface area contributed by atoms with Gasteiger partial charge in [0.2, 0.25) is 11.0 Å². The Bertz CT molecular complexity index is 752. The first kappa shape index (κ1) is 18.5. The second kappa shape index (κ2) is 8.38. The molecule has 0 radical (unpaired) electrons. The number of hydrogen-bond acceptors (Lipinski definition) is 6. The van der Waals surface area contributed by atoms with Gasteiger partial charge >= 0.3 is 0 Å². The molecule has 3 rings (SSSR count). The zero-order valence-electron chi connectivity index (χ0n) is 14.3. The quantitative estimate of drug-likeness (QED) is 0.748. The van der Waals surface area contributed by atoms with Crippen LogP contribution in [0.4, 0.5) is 10.8 Å². The SMILES string of the molecule is Cc1ccc(Nc2nnc(SCC(=O)N3CCCC(C)C3)s2)cc1Cl. The summed E-state index contributed by atoms with van der Waals surface area (Å²) in [7, 11) is 0. The summed E-state index contributed by atoms with van der Waals surface area (Å²) < 4.78 is 0.791. The van der Waals surface area contributed by atoms with E-state index in [1.165, 1.54) is 29.5 Å². The third kappa shape index (κ3) is 5.09. The Balaban J connectivity index is 1.53. The minimum absolute atomic E-state index is 0.187. The summed E-state index contributed by atoms with van der Waals surface area (Å²) in [6.07, 6.45) is 2.31. The minimum Gasteiger partial charge on any atom is -0.342 e. The fourth-order valence-corrected chi connectivity index (χ4v) is 4.60. The zero-order valence-corrected chi connectivity index (χ0v) is 16.7. The van der Waals surface area contributed by atoms with Crippen molar-refractivity contribution in [1.29, 1.82) is 0 Å². The van der Waals surface area contributed by atoms with Crippen LogP contribution >= 0.6 is 34.7 Å². The molecule has 1 aromatic carbocycles. The van der Waals surface area contributed by atoms with Crippen LogP contribution in [0.5, 0.6) is 0 Å². The molecule has 1 saturated heterocycles. The molecule has 0 aliphatic carbocycles. The number of aromatic nitrogens is 2. The number of nitrogens with one attached hydrogen (secondary N) is 1. The maximum Gasteiger partial charge on any atom is 0.233 e. The summed E-state index contributed by atoms with van der Waals surface area (Å²) >= 11 is 9.03. The molecule has 134 valence electrons. The van der Waals surface area contributed by atoms with Crippen molar-refractivity contribution in [2.75, 3.05) is 24.2 Å². The van der Waals surface area contributed by atoms with Crippen molar-refractivity contribution in [3.8, 4) is 0 Å². The van der Waals surface area contributed by atoms with Crippen molar-refractivity contribution in [3.63, 3.8) is 0 Å². The Morgan fingerprint density at radius 1 is 1.48 bits per heavy atom. The van der Waals surface area contributed by atoms with Gasteiger partial charge in [-0.3, -0.25) is 4.79 Å². The Morgan fingerprint density at radius 2 is 2.32 bits per heavy atom. The lowest BCUT2D eigenvalue weighted by atomic mass is 10.0. The van der Waals surface area contributed by atoms with E-state index in [9.17, 15) is 4.79 Å². The Morgan fingerprint density at radius 3 is 3.08 bits per heavy atom. The van der Waals surface area contributed by atoms with Gasteiger partial charge in [0.25, 0.3) is 0 Å². The van der Waals surface area contributed by atoms with Gasteiger partial charge in [0.1, 0.15) is 0 Å². The van der Waals surface area contributed by atoms with Gasteiger partial charge in [-0.05, 0) is 43.4 Å². The average Bonchev–Trinajstić information content (AvgIpc) is 3.03. The van der Waals surface area contributed by atoms with Crippen LogP contribution in [-0.4, -0.2) is 39.8 Å². The molecule has 25 heavy (non-hydrogen) atoms. The molecule has 0 spiro atoms. The van der Waals surface area contributed by atoms with Crippen molar-refractivity contribution in [1.82, 2.24) is 15.1 Å². The molecule has 1 atom stereocenters. The fourth-order valence-electron chi connectivity index (χ4n) is 2.74. The van der Waals surface area contributed by atoms with Gasteiger partial charge in [0, 0.05) is 23.8 Å². The van der Waals surface area contributed by atoms with E-state index in [2.05, 4.69) is 22.4 Å². The Hall–Kier alpha value is -1.31. The van der Waals surface area contributed by atoms with Crippen LogP contribution in [0.1, 0.15) is 25.3 Å². The molecule has 8 heteroatoms. The topological polar surface area (TPSA) is 58.1 Å². The molecule has 1 aromatic heterocycles. The van der Waals surface area contributed by atoms with Gasteiger partial charge in [0.05, 0.1) is 5.75 Å². The lowest BCUT2D eigenvalue weighted by Crippen LogP contribution is -2.40. The Labute approximate surface area is 161 Å². The summed E-state index contributed by atoms with van der Waals surface area (Å²) in [5, 5.41) is 12.9. The Kier molecular flexibility index (Phi) is 6.19. The predicted octanol–water partition coefficient (Wildman–Crippen LogP) is 4.59. The molecule has 0 bridgehead atoms. The highest BCUT2D eigenvalue weighted by molar-refractivity contribution is 8.01. The molecule has 5 nitrogen and oxygen atoms in total. The van der Waals surface area contributed by atoms with Crippen LogP contribution in [0.3, 0.4) is 0 Å². The average molecular weight is 397 g/mol. The van der Waals surface area contributed by atoms with Crippen LogP contribution in [0, 0.1) is 12.8 Å². The monoisotopic (exact) mass is 396 g/mol. The summed E-state index contributed by atoms with van der Waals surface area (Å²) in [5.74, 6) is 1.20. The molecule has 1 aliphatic rings. The largest absolute Gasteiger partial charge is 0.342 e. The number of benzene rings is 1. The highest BCUT2D eigenvalue weighted by atomic mass is 35.5. The van der Waals surface area contributed by atoms with Crippen molar-refractivity contribution in [2.45, 2.75) is 31.0 Å². The van der Waals surface area contributed by atoms with Gasteiger partial charge in [0.15, 0.2) is 4.34 Å². The smallest absolute Gasteiger partial charge is 0.233 e. The van der Waals surface area contributed by atoms with E-state index in [-0.39, 0.29) is 5.91 Å². The summed E-state index contributed by atoms with van der Waals surface area (Å²) in [6.45, 7) is 5.91. The van der Waals surface area contributed by atoms with E-state index in [1.807, 2.05) is 30.0 Å². The molecule has 1 amide bonds. The van der Waals surface area contributed by atoms with Crippen molar-refractivity contribution in [2.24, 2.45) is 5.92 Å². The van der Waals surface area contributed by atoms with Gasteiger partial charge in [-0.2, -0.15) is 0 Å². The third-order valence-corrected chi connectivity index (χ3v) is 6.52. The van der Waals surface area contributed by atoms with E-state index >= 15 is 0 Å². The molecule has 1 N–H and O–H groups in total. The van der Waals surface area contributed by atoms with Crippen LogP contribution < -0.4 is 5.32 Å². The summed E-state index contributed by atoms with van der Waals surface area (Å²) in [6, 6.07) is 5.78. The molecular formula is C17H21ClN4OS2. The highest BCUT2D eigenvalue weighted by Gasteiger charge is 2.21. The number of carbonyl (C=O) groups is 1. The molecule has 1 aliphatic heterocycles. The normalized spacial score (nSPS) is 17.6. The number of thioether (sulfide) groups is 1. The van der Waals surface area contributed by atoms with Crippen molar-refractivity contribution in [3.05, 3.63) is 28.8 Å². The standard InChI is InChI=1S/C17H21ClN4OS2/c1-11-4-3-7-22(9-11)15(23)10-24-17-21-20-16(25-17)19-13-6-5-12(2)14(18)8-13/h5-6,8,11H,3-4,7,9-10H2,1-2H3,(H,19,20). The number of amides is 1. The first-order valence-corrected chi connectivity index (χ1v) is 10.5. The number of carbonyl (C=O) groups excluding carboxylic acids is 1. The second-order valence-electron chi connectivity index (χ2n) is 6.34. The van der Waals surface area contributed by atoms with Crippen LogP contribution in [0.2, 0.25) is 5.02 Å². The fraction of sp³-hybridized carbons (Fsp3) is 0.471. The molecule has 1 unspecified atom stereocenters.